The summed E-state index contributed by atoms with van der Waals surface area (Å²) in [5, 5.41) is 3.91. The van der Waals surface area contributed by atoms with E-state index in [9.17, 15) is 8.78 Å². The van der Waals surface area contributed by atoms with E-state index in [2.05, 4.69) is 20.3 Å². The van der Waals surface area contributed by atoms with Gasteiger partial charge in [0.2, 0.25) is 5.95 Å². The minimum Gasteiger partial charge on any atom is -0.328 e. The Labute approximate surface area is 159 Å². The van der Waals surface area contributed by atoms with Gasteiger partial charge in [-0.3, -0.25) is 0 Å². The molecule has 0 unspecified atom stereocenters. The molecule has 4 nitrogen and oxygen atoms in total. The Kier molecular flexibility index (Phi) is 4.77. The summed E-state index contributed by atoms with van der Waals surface area (Å²) in [6.45, 7) is 1.94. The number of thiazole rings is 1. The fraction of sp³-hybridized carbons (Fsp3) is 0.150. The van der Waals surface area contributed by atoms with Gasteiger partial charge in [-0.2, -0.15) is 0 Å². The second-order valence-corrected chi connectivity index (χ2v) is 7.11. The van der Waals surface area contributed by atoms with E-state index in [1.54, 1.807) is 17.5 Å². The van der Waals surface area contributed by atoms with Crippen molar-refractivity contribution in [3.8, 4) is 21.1 Å². The van der Waals surface area contributed by atoms with Crippen LogP contribution in [0.5, 0.6) is 0 Å². The molecule has 1 N–H and O–H groups in total. The number of aromatic nitrogens is 3. The van der Waals surface area contributed by atoms with Gasteiger partial charge in [-0.15, -0.1) is 11.3 Å². The van der Waals surface area contributed by atoms with Crippen molar-refractivity contribution in [2.75, 3.05) is 5.32 Å². The number of anilines is 1. The van der Waals surface area contributed by atoms with Crippen LogP contribution in [0.2, 0.25) is 0 Å². The largest absolute Gasteiger partial charge is 0.328 e. The number of rotatable bonds is 4. The Morgan fingerprint density at radius 3 is 2.63 bits per heavy atom. The zero-order valence-corrected chi connectivity index (χ0v) is 15.4. The summed E-state index contributed by atoms with van der Waals surface area (Å²) in [6, 6.07) is 11.8. The second kappa shape index (κ2) is 7.36. The van der Waals surface area contributed by atoms with Crippen molar-refractivity contribution in [3.05, 3.63) is 71.7 Å². The normalized spacial score (nSPS) is 14.3. The third-order valence-corrected chi connectivity index (χ3v) is 5.38. The molecule has 0 saturated carbocycles. The molecule has 7 heteroatoms. The highest BCUT2D eigenvalue weighted by molar-refractivity contribution is 7.18. The molecular formula is C20H16F2N4S. The van der Waals surface area contributed by atoms with Gasteiger partial charge in [0.05, 0.1) is 16.3 Å². The first-order valence-corrected chi connectivity index (χ1v) is 9.30. The molecule has 0 atom stereocenters. The van der Waals surface area contributed by atoms with E-state index in [1.165, 1.54) is 0 Å². The predicted molar refractivity (Wildman–Crippen MR) is 103 cm³/mol. The van der Waals surface area contributed by atoms with Crippen LogP contribution in [0, 0.1) is 6.92 Å². The molecule has 0 aliphatic heterocycles. The zero-order chi connectivity index (χ0) is 18.8. The Balaban J connectivity index is 1.62. The molecule has 1 aliphatic rings. The van der Waals surface area contributed by atoms with Crippen LogP contribution in [-0.4, -0.2) is 15.0 Å². The van der Waals surface area contributed by atoms with Gasteiger partial charge in [0.25, 0.3) is 0 Å². The van der Waals surface area contributed by atoms with E-state index in [4.69, 9.17) is 0 Å². The topological polar surface area (TPSA) is 50.7 Å². The third-order valence-electron chi connectivity index (χ3n) is 4.15. The molecule has 1 aromatic carbocycles. The highest BCUT2D eigenvalue weighted by Crippen LogP contribution is 2.34. The van der Waals surface area contributed by atoms with Gasteiger partial charge in [0.1, 0.15) is 10.8 Å². The molecule has 4 rings (SSSR count). The quantitative estimate of drug-likeness (QED) is 0.618. The predicted octanol–water partition coefficient (Wildman–Crippen LogP) is 5.82. The summed E-state index contributed by atoms with van der Waals surface area (Å²) in [4.78, 5) is 14.3. The number of benzene rings is 1. The van der Waals surface area contributed by atoms with E-state index in [1.807, 2.05) is 43.3 Å². The molecule has 2 heterocycles. The summed E-state index contributed by atoms with van der Waals surface area (Å²) < 4.78 is 26.6. The first-order chi connectivity index (χ1) is 13.1. The smallest absolute Gasteiger partial charge is 0.227 e. The summed E-state index contributed by atoms with van der Waals surface area (Å²) in [5.74, 6) is -1.21. The van der Waals surface area contributed by atoms with Crippen LogP contribution < -0.4 is 5.32 Å². The molecule has 0 spiro atoms. The molecule has 0 fully saturated rings. The summed E-state index contributed by atoms with van der Waals surface area (Å²) in [6.07, 6.45) is 3.21. The van der Waals surface area contributed by atoms with Crippen LogP contribution >= 0.6 is 11.3 Å². The molecule has 2 aromatic heterocycles. The monoisotopic (exact) mass is 382 g/mol. The molecule has 1 aliphatic carbocycles. The van der Waals surface area contributed by atoms with Crippen LogP contribution in [0.25, 0.3) is 21.1 Å². The van der Waals surface area contributed by atoms with Gasteiger partial charge in [0, 0.05) is 23.9 Å². The zero-order valence-electron chi connectivity index (χ0n) is 14.5. The maximum atomic E-state index is 13.4. The number of hydrogen-bond donors (Lipinski definition) is 1. The lowest BCUT2D eigenvalue weighted by atomic mass is 10.1. The van der Waals surface area contributed by atoms with Crippen molar-refractivity contribution < 1.29 is 8.78 Å². The average molecular weight is 382 g/mol. The van der Waals surface area contributed by atoms with Crippen LogP contribution in [0.15, 0.2) is 66.0 Å². The Bertz CT molecular complexity index is 1040. The summed E-state index contributed by atoms with van der Waals surface area (Å²) in [5.41, 5.74) is 3.23. The molecule has 0 bridgehead atoms. The number of nitrogens with zero attached hydrogens (tertiary/aromatic N) is 3. The van der Waals surface area contributed by atoms with E-state index in [0.29, 0.717) is 18.1 Å². The molecule has 3 aromatic rings. The molecular weight excluding hydrogens is 366 g/mol. The summed E-state index contributed by atoms with van der Waals surface area (Å²) in [7, 11) is 0. The first-order valence-electron chi connectivity index (χ1n) is 8.48. The third kappa shape index (κ3) is 3.78. The number of hydrogen-bond acceptors (Lipinski definition) is 5. The van der Waals surface area contributed by atoms with Crippen molar-refractivity contribution in [2.45, 2.75) is 19.8 Å². The van der Waals surface area contributed by atoms with E-state index >= 15 is 0 Å². The molecule has 27 heavy (non-hydrogen) atoms. The van der Waals surface area contributed by atoms with Crippen molar-refractivity contribution in [1.82, 2.24) is 15.0 Å². The number of nitrogens with one attached hydrogen (secondary N) is 1. The minimum absolute atomic E-state index is 0.0404. The molecule has 0 amide bonds. The van der Waals surface area contributed by atoms with E-state index in [0.717, 1.165) is 32.9 Å². The highest BCUT2D eigenvalue weighted by Gasteiger charge is 2.16. The van der Waals surface area contributed by atoms with Crippen LogP contribution in [0.1, 0.15) is 18.5 Å². The fourth-order valence-corrected chi connectivity index (χ4v) is 3.83. The van der Waals surface area contributed by atoms with Crippen LogP contribution in [0.3, 0.4) is 0 Å². The van der Waals surface area contributed by atoms with Gasteiger partial charge in [-0.25, -0.2) is 23.7 Å². The van der Waals surface area contributed by atoms with Gasteiger partial charge < -0.3 is 5.32 Å². The first kappa shape index (κ1) is 17.5. The number of allylic oxidation sites excluding steroid dienone is 4. The van der Waals surface area contributed by atoms with Crippen molar-refractivity contribution in [2.24, 2.45) is 0 Å². The van der Waals surface area contributed by atoms with Crippen molar-refractivity contribution in [3.63, 3.8) is 0 Å². The van der Waals surface area contributed by atoms with Crippen molar-refractivity contribution >= 4 is 17.3 Å². The molecule has 0 radical (unpaired) electrons. The summed E-state index contributed by atoms with van der Waals surface area (Å²) >= 11 is 1.56. The average Bonchev–Trinajstić information content (AvgIpc) is 3.07. The standard InChI is InChI=1S/C20H16F2N4S/c1-12-18(27-19(24-12)13-5-3-2-4-6-13)17-9-10-23-20(26-17)25-14-7-8-15(21)16(22)11-14/h2-6,9-11H,7-8H2,1H3,(H,23,25,26). The Hall–Kier alpha value is -2.93. The number of halogens is 2. The maximum absolute atomic E-state index is 13.4. The van der Waals surface area contributed by atoms with E-state index in [-0.39, 0.29) is 6.42 Å². The second-order valence-electron chi connectivity index (χ2n) is 6.11. The van der Waals surface area contributed by atoms with Crippen LogP contribution in [0.4, 0.5) is 14.7 Å². The van der Waals surface area contributed by atoms with Gasteiger partial charge in [-0.05, 0) is 25.5 Å². The number of aryl methyl sites for hydroxylation is 1. The maximum Gasteiger partial charge on any atom is 0.227 e. The molecule has 136 valence electrons. The minimum atomic E-state index is -0.842. The van der Waals surface area contributed by atoms with Crippen molar-refractivity contribution in [1.29, 1.82) is 0 Å². The Morgan fingerprint density at radius 1 is 1.04 bits per heavy atom. The Morgan fingerprint density at radius 2 is 1.85 bits per heavy atom. The fourth-order valence-electron chi connectivity index (χ4n) is 2.79. The van der Waals surface area contributed by atoms with E-state index < -0.39 is 11.7 Å². The van der Waals surface area contributed by atoms with Gasteiger partial charge in [-0.1, -0.05) is 30.3 Å². The lowest BCUT2D eigenvalue weighted by Gasteiger charge is -2.13. The van der Waals surface area contributed by atoms with Gasteiger partial charge in [0.15, 0.2) is 5.83 Å². The highest BCUT2D eigenvalue weighted by atomic mass is 32.1. The SMILES string of the molecule is Cc1nc(-c2ccccc2)sc1-c1ccnc(NC2=CC(F)=C(F)CC2)n1. The lowest BCUT2D eigenvalue weighted by molar-refractivity contribution is 0.511. The van der Waals surface area contributed by atoms with Crippen LogP contribution in [-0.2, 0) is 0 Å². The lowest BCUT2D eigenvalue weighted by Crippen LogP contribution is -2.07. The molecule has 0 saturated heterocycles. The van der Waals surface area contributed by atoms with Gasteiger partial charge >= 0.3 is 0 Å².